The number of nitrogens with zero attached hydrogens (tertiary/aromatic N) is 1. The lowest BCUT2D eigenvalue weighted by atomic mass is 10.0. The van der Waals surface area contributed by atoms with Crippen molar-refractivity contribution in [2.75, 3.05) is 10.2 Å². The van der Waals surface area contributed by atoms with E-state index in [-0.39, 0.29) is 21.4 Å². The van der Waals surface area contributed by atoms with E-state index in [9.17, 15) is 9.59 Å². The number of amides is 2. The smallest absolute Gasteiger partial charge is 0.282 e. The Labute approximate surface area is 191 Å². The van der Waals surface area contributed by atoms with Crippen LogP contribution in [0.1, 0.15) is 22.3 Å². The SMILES string of the molecule is Cc1ccc(C2=C(Nc3ccc(C)cc3C)C(=O)N(c3cccc(Cl)c3Cl)C2=O)cc1. The van der Waals surface area contributed by atoms with Crippen molar-refractivity contribution in [3.05, 3.63) is 98.7 Å². The summed E-state index contributed by atoms with van der Waals surface area (Å²) in [5.74, 6) is -0.935. The molecule has 2 amide bonds. The largest absolute Gasteiger partial charge is 0.350 e. The molecule has 4 nitrogen and oxygen atoms in total. The maximum atomic E-state index is 13.5. The molecule has 6 heteroatoms. The number of hydrogen-bond donors (Lipinski definition) is 1. The van der Waals surface area contributed by atoms with Crippen LogP contribution in [0.2, 0.25) is 10.0 Å². The lowest BCUT2D eigenvalue weighted by molar-refractivity contribution is -0.120. The van der Waals surface area contributed by atoms with Crippen LogP contribution in [-0.2, 0) is 9.59 Å². The van der Waals surface area contributed by atoms with Crippen molar-refractivity contribution in [2.45, 2.75) is 20.8 Å². The monoisotopic (exact) mass is 450 g/mol. The predicted octanol–water partition coefficient (Wildman–Crippen LogP) is 6.32. The van der Waals surface area contributed by atoms with E-state index in [2.05, 4.69) is 5.32 Å². The van der Waals surface area contributed by atoms with Crippen LogP contribution >= 0.6 is 23.2 Å². The molecule has 0 saturated carbocycles. The highest BCUT2D eigenvalue weighted by molar-refractivity contribution is 6.50. The van der Waals surface area contributed by atoms with Gasteiger partial charge in [-0.05, 0) is 50.1 Å². The van der Waals surface area contributed by atoms with E-state index >= 15 is 0 Å². The van der Waals surface area contributed by atoms with Crippen molar-refractivity contribution < 1.29 is 9.59 Å². The van der Waals surface area contributed by atoms with E-state index in [0.29, 0.717) is 11.1 Å². The Morgan fingerprint density at radius 1 is 0.806 bits per heavy atom. The van der Waals surface area contributed by atoms with E-state index in [1.54, 1.807) is 18.2 Å². The van der Waals surface area contributed by atoms with E-state index in [1.807, 2.05) is 63.2 Å². The second-order valence-electron chi connectivity index (χ2n) is 7.58. The molecule has 0 unspecified atom stereocenters. The molecule has 0 spiro atoms. The number of imide groups is 1. The van der Waals surface area contributed by atoms with Gasteiger partial charge in [-0.25, -0.2) is 4.90 Å². The second-order valence-corrected chi connectivity index (χ2v) is 8.36. The number of nitrogens with one attached hydrogen (secondary N) is 1. The first kappa shape index (κ1) is 21.2. The first-order chi connectivity index (χ1) is 14.8. The Morgan fingerprint density at radius 2 is 1.48 bits per heavy atom. The minimum Gasteiger partial charge on any atom is -0.350 e. The molecule has 3 aromatic rings. The third-order valence-corrected chi connectivity index (χ3v) is 6.05. The van der Waals surface area contributed by atoms with Crippen molar-refractivity contribution in [1.29, 1.82) is 0 Å². The standard InChI is InChI=1S/C25H20Cl2N2O2/c1-14-7-10-17(11-8-14)21-23(28-19-12-9-15(2)13-16(19)3)25(31)29(24(21)30)20-6-4-5-18(26)22(20)27/h4-13,28H,1-3H3. The molecule has 1 heterocycles. The fourth-order valence-electron chi connectivity index (χ4n) is 3.61. The van der Waals surface area contributed by atoms with Gasteiger partial charge in [-0.15, -0.1) is 0 Å². The summed E-state index contributed by atoms with van der Waals surface area (Å²) in [6, 6.07) is 18.2. The second kappa shape index (κ2) is 8.22. The number of rotatable bonds is 4. The van der Waals surface area contributed by atoms with Crippen molar-refractivity contribution >= 4 is 52.0 Å². The number of benzene rings is 3. The van der Waals surface area contributed by atoms with Gasteiger partial charge in [0.1, 0.15) is 5.70 Å². The Balaban J connectivity index is 1.87. The predicted molar refractivity (Wildman–Crippen MR) is 127 cm³/mol. The van der Waals surface area contributed by atoms with Crippen LogP contribution in [0.25, 0.3) is 5.57 Å². The van der Waals surface area contributed by atoms with E-state index < -0.39 is 11.8 Å². The van der Waals surface area contributed by atoms with Crippen LogP contribution in [0, 0.1) is 20.8 Å². The molecular formula is C25H20Cl2N2O2. The molecule has 0 radical (unpaired) electrons. The van der Waals surface area contributed by atoms with Gasteiger partial charge in [0.15, 0.2) is 0 Å². The summed E-state index contributed by atoms with van der Waals surface area (Å²) in [4.78, 5) is 28.1. The summed E-state index contributed by atoms with van der Waals surface area (Å²) in [6.07, 6.45) is 0. The molecule has 0 bridgehead atoms. The lowest BCUT2D eigenvalue weighted by Gasteiger charge is -2.17. The van der Waals surface area contributed by atoms with Gasteiger partial charge in [-0.1, -0.05) is 76.8 Å². The van der Waals surface area contributed by atoms with Gasteiger partial charge in [0.05, 0.1) is 21.3 Å². The molecule has 0 aliphatic carbocycles. The Morgan fingerprint density at radius 3 is 2.16 bits per heavy atom. The van der Waals surface area contributed by atoms with Crippen molar-refractivity contribution in [3.8, 4) is 0 Å². The first-order valence-electron chi connectivity index (χ1n) is 9.76. The van der Waals surface area contributed by atoms with Crippen LogP contribution < -0.4 is 10.2 Å². The zero-order chi connectivity index (χ0) is 22.3. The van der Waals surface area contributed by atoms with Gasteiger partial charge in [0.2, 0.25) is 0 Å². The van der Waals surface area contributed by atoms with Crippen LogP contribution in [0.3, 0.4) is 0 Å². The van der Waals surface area contributed by atoms with Crippen LogP contribution in [-0.4, -0.2) is 11.8 Å². The summed E-state index contributed by atoms with van der Waals surface area (Å²) >= 11 is 12.5. The molecule has 156 valence electrons. The topological polar surface area (TPSA) is 49.4 Å². The molecule has 0 fully saturated rings. The van der Waals surface area contributed by atoms with E-state index in [4.69, 9.17) is 23.2 Å². The minimum absolute atomic E-state index is 0.155. The lowest BCUT2D eigenvalue weighted by Crippen LogP contribution is -2.32. The Hall–Kier alpha value is -3.08. The highest BCUT2D eigenvalue weighted by Gasteiger charge is 2.41. The number of carbonyl (C=O) groups excluding carboxylic acids is 2. The molecule has 0 saturated heterocycles. The van der Waals surface area contributed by atoms with Gasteiger partial charge >= 0.3 is 0 Å². The molecule has 3 aromatic carbocycles. The van der Waals surface area contributed by atoms with Gasteiger partial charge in [-0.2, -0.15) is 0 Å². The van der Waals surface area contributed by atoms with E-state index in [0.717, 1.165) is 27.3 Å². The summed E-state index contributed by atoms with van der Waals surface area (Å²) in [5.41, 5.74) is 5.29. The van der Waals surface area contributed by atoms with Gasteiger partial charge in [0.25, 0.3) is 11.8 Å². The summed E-state index contributed by atoms with van der Waals surface area (Å²) < 4.78 is 0. The average molecular weight is 451 g/mol. The third kappa shape index (κ3) is 3.85. The maximum Gasteiger partial charge on any atom is 0.282 e. The van der Waals surface area contributed by atoms with Gasteiger partial charge in [-0.3, -0.25) is 9.59 Å². The number of hydrogen-bond acceptors (Lipinski definition) is 3. The van der Waals surface area contributed by atoms with Gasteiger partial charge in [0, 0.05) is 5.69 Å². The number of halogens is 2. The zero-order valence-electron chi connectivity index (χ0n) is 17.3. The Kier molecular flexibility index (Phi) is 5.61. The maximum absolute atomic E-state index is 13.5. The van der Waals surface area contributed by atoms with E-state index in [1.165, 1.54) is 0 Å². The quantitative estimate of drug-likeness (QED) is 0.473. The van der Waals surface area contributed by atoms with Gasteiger partial charge < -0.3 is 5.32 Å². The molecule has 0 atom stereocenters. The van der Waals surface area contributed by atoms with Crippen molar-refractivity contribution in [3.63, 3.8) is 0 Å². The fraction of sp³-hybridized carbons (Fsp3) is 0.120. The molecule has 1 N–H and O–H groups in total. The molecule has 1 aliphatic rings. The molecule has 31 heavy (non-hydrogen) atoms. The minimum atomic E-state index is -0.482. The first-order valence-corrected chi connectivity index (χ1v) is 10.5. The number of carbonyl (C=O) groups is 2. The Bertz CT molecular complexity index is 1250. The fourth-order valence-corrected chi connectivity index (χ4v) is 3.99. The molecule has 0 aromatic heterocycles. The average Bonchev–Trinajstić information content (AvgIpc) is 2.97. The summed E-state index contributed by atoms with van der Waals surface area (Å²) in [5, 5.41) is 3.63. The summed E-state index contributed by atoms with van der Waals surface area (Å²) in [7, 11) is 0. The number of anilines is 2. The van der Waals surface area contributed by atoms with Crippen LogP contribution in [0.4, 0.5) is 11.4 Å². The van der Waals surface area contributed by atoms with Crippen molar-refractivity contribution in [1.82, 2.24) is 0 Å². The normalized spacial score (nSPS) is 13.9. The highest BCUT2D eigenvalue weighted by Crippen LogP contribution is 2.39. The third-order valence-electron chi connectivity index (χ3n) is 5.24. The zero-order valence-corrected chi connectivity index (χ0v) is 18.8. The number of aryl methyl sites for hydroxylation is 3. The summed E-state index contributed by atoms with van der Waals surface area (Å²) in [6.45, 7) is 5.92. The molecule has 4 rings (SSSR count). The van der Waals surface area contributed by atoms with Crippen molar-refractivity contribution in [2.24, 2.45) is 0 Å². The molecule has 1 aliphatic heterocycles. The van der Waals surface area contributed by atoms with Crippen LogP contribution in [0.15, 0.2) is 66.4 Å². The van der Waals surface area contributed by atoms with Crippen LogP contribution in [0.5, 0.6) is 0 Å². The highest BCUT2D eigenvalue weighted by atomic mass is 35.5. The molecular weight excluding hydrogens is 431 g/mol.